The highest BCUT2D eigenvalue weighted by Gasteiger charge is 2.26. The highest BCUT2D eigenvalue weighted by molar-refractivity contribution is 4.82. The molecule has 1 rings (SSSR count). The van der Waals surface area contributed by atoms with E-state index in [4.69, 9.17) is 0 Å². The molecule has 1 fully saturated rings. The van der Waals surface area contributed by atoms with Crippen LogP contribution in [0, 0.1) is 11.3 Å². The third kappa shape index (κ3) is 4.04. The molecule has 2 atom stereocenters. The molecule has 0 spiro atoms. The van der Waals surface area contributed by atoms with Crippen molar-refractivity contribution in [1.29, 1.82) is 0 Å². The van der Waals surface area contributed by atoms with Gasteiger partial charge in [-0.25, -0.2) is 0 Å². The lowest BCUT2D eigenvalue weighted by molar-refractivity contribution is 0.0648. The largest absolute Gasteiger partial charge is 0.396 e. The van der Waals surface area contributed by atoms with Crippen molar-refractivity contribution < 1.29 is 10.2 Å². The summed E-state index contributed by atoms with van der Waals surface area (Å²) in [6, 6.07) is 0.580. The normalized spacial score (nSPS) is 27.0. The van der Waals surface area contributed by atoms with E-state index < -0.39 is 0 Å². The van der Waals surface area contributed by atoms with Crippen molar-refractivity contribution in [2.45, 2.75) is 52.0 Å². The van der Waals surface area contributed by atoms with Crippen molar-refractivity contribution in [2.24, 2.45) is 11.3 Å². The minimum Gasteiger partial charge on any atom is -0.396 e. The van der Waals surface area contributed by atoms with Gasteiger partial charge in [-0.3, -0.25) is 0 Å². The van der Waals surface area contributed by atoms with E-state index in [2.05, 4.69) is 12.2 Å². The van der Waals surface area contributed by atoms with E-state index in [0.29, 0.717) is 12.6 Å². The van der Waals surface area contributed by atoms with Gasteiger partial charge in [0, 0.05) is 18.0 Å². The van der Waals surface area contributed by atoms with Crippen molar-refractivity contribution in [3.05, 3.63) is 0 Å². The summed E-state index contributed by atoms with van der Waals surface area (Å²) in [5.74, 6) is 0.862. The molecule has 0 radical (unpaired) electrons. The van der Waals surface area contributed by atoms with Crippen molar-refractivity contribution in [3.8, 4) is 0 Å². The average molecular weight is 229 g/mol. The first kappa shape index (κ1) is 13.9. The maximum atomic E-state index is 9.21. The quantitative estimate of drug-likeness (QED) is 0.647. The minimum absolute atomic E-state index is 0.0421. The van der Waals surface area contributed by atoms with E-state index in [9.17, 15) is 10.2 Å². The third-order valence-electron chi connectivity index (χ3n) is 3.94. The maximum Gasteiger partial charge on any atom is 0.0518 e. The SMILES string of the molecule is CCC1CCCC(NCC(C)(CO)CO)C1. The lowest BCUT2D eigenvalue weighted by atomic mass is 9.83. The van der Waals surface area contributed by atoms with Gasteiger partial charge in [0.05, 0.1) is 13.2 Å². The summed E-state index contributed by atoms with van der Waals surface area (Å²) in [6.45, 7) is 4.97. The molecule has 0 aliphatic heterocycles. The van der Waals surface area contributed by atoms with Crippen LogP contribution in [0.3, 0.4) is 0 Å². The number of hydrogen-bond acceptors (Lipinski definition) is 3. The number of aliphatic hydroxyl groups is 2. The van der Waals surface area contributed by atoms with Gasteiger partial charge in [-0.1, -0.05) is 33.1 Å². The first-order valence-electron chi connectivity index (χ1n) is 6.58. The van der Waals surface area contributed by atoms with E-state index in [-0.39, 0.29) is 18.6 Å². The molecule has 0 aromatic rings. The molecule has 1 aliphatic rings. The van der Waals surface area contributed by atoms with E-state index in [1.165, 1.54) is 32.1 Å². The first-order valence-corrected chi connectivity index (χ1v) is 6.58. The van der Waals surface area contributed by atoms with Gasteiger partial charge in [-0.2, -0.15) is 0 Å². The molecule has 3 nitrogen and oxygen atoms in total. The predicted octanol–water partition coefficient (Wildman–Crippen LogP) is 1.54. The van der Waals surface area contributed by atoms with Gasteiger partial charge in [-0.05, 0) is 18.8 Å². The van der Waals surface area contributed by atoms with Gasteiger partial charge < -0.3 is 15.5 Å². The van der Waals surface area contributed by atoms with Gasteiger partial charge in [0.2, 0.25) is 0 Å². The average Bonchev–Trinajstić information content (AvgIpc) is 2.36. The van der Waals surface area contributed by atoms with E-state index >= 15 is 0 Å². The fraction of sp³-hybridized carbons (Fsp3) is 1.00. The fourth-order valence-electron chi connectivity index (χ4n) is 2.40. The van der Waals surface area contributed by atoms with Crippen LogP contribution in [0.1, 0.15) is 46.0 Å². The van der Waals surface area contributed by atoms with Crippen molar-refractivity contribution in [1.82, 2.24) is 5.32 Å². The molecule has 0 aromatic heterocycles. The van der Waals surface area contributed by atoms with Crippen LogP contribution in [-0.4, -0.2) is 36.0 Å². The molecule has 0 saturated heterocycles. The molecular formula is C13H27NO2. The Kier molecular flexibility index (Phi) is 5.73. The third-order valence-corrected chi connectivity index (χ3v) is 3.94. The lowest BCUT2D eigenvalue weighted by Gasteiger charge is -2.33. The van der Waals surface area contributed by atoms with Crippen LogP contribution in [0.25, 0.3) is 0 Å². The number of hydrogen-bond donors (Lipinski definition) is 3. The Morgan fingerprint density at radius 1 is 1.25 bits per heavy atom. The topological polar surface area (TPSA) is 52.5 Å². The van der Waals surface area contributed by atoms with Gasteiger partial charge in [0.1, 0.15) is 0 Å². The van der Waals surface area contributed by atoms with Crippen LogP contribution in [0.5, 0.6) is 0 Å². The second kappa shape index (κ2) is 6.58. The zero-order chi connectivity index (χ0) is 12.0. The Hall–Kier alpha value is -0.120. The van der Waals surface area contributed by atoms with Crippen LogP contribution in [0.2, 0.25) is 0 Å². The second-order valence-electron chi connectivity index (χ2n) is 5.65. The Bertz CT molecular complexity index is 192. The van der Waals surface area contributed by atoms with Gasteiger partial charge in [-0.15, -0.1) is 0 Å². The highest BCUT2D eigenvalue weighted by atomic mass is 16.3. The summed E-state index contributed by atoms with van der Waals surface area (Å²) >= 11 is 0. The van der Waals surface area contributed by atoms with Gasteiger partial charge in [0.15, 0.2) is 0 Å². The smallest absolute Gasteiger partial charge is 0.0518 e. The molecular weight excluding hydrogens is 202 g/mol. The summed E-state index contributed by atoms with van der Waals surface area (Å²) in [6.07, 6.45) is 6.44. The first-order chi connectivity index (χ1) is 7.63. The Balaban J connectivity index is 2.31. The number of nitrogens with one attached hydrogen (secondary N) is 1. The van der Waals surface area contributed by atoms with Crippen LogP contribution in [0.15, 0.2) is 0 Å². The van der Waals surface area contributed by atoms with Crippen molar-refractivity contribution >= 4 is 0 Å². The predicted molar refractivity (Wildman–Crippen MR) is 66.3 cm³/mol. The molecule has 0 bridgehead atoms. The molecule has 1 saturated carbocycles. The van der Waals surface area contributed by atoms with E-state index in [1.54, 1.807) is 0 Å². The molecule has 0 amide bonds. The maximum absolute atomic E-state index is 9.21. The Morgan fingerprint density at radius 3 is 2.50 bits per heavy atom. The molecule has 3 N–H and O–H groups in total. The summed E-state index contributed by atoms with van der Waals surface area (Å²) in [5, 5.41) is 21.9. The summed E-state index contributed by atoms with van der Waals surface area (Å²) in [5.41, 5.74) is -0.376. The Labute approximate surface area is 99.3 Å². The molecule has 1 aliphatic carbocycles. The number of aliphatic hydroxyl groups excluding tert-OH is 2. The van der Waals surface area contributed by atoms with Crippen LogP contribution >= 0.6 is 0 Å². The Morgan fingerprint density at radius 2 is 1.94 bits per heavy atom. The summed E-state index contributed by atoms with van der Waals surface area (Å²) in [4.78, 5) is 0. The van der Waals surface area contributed by atoms with Crippen molar-refractivity contribution in [3.63, 3.8) is 0 Å². The molecule has 16 heavy (non-hydrogen) atoms. The van der Waals surface area contributed by atoms with Crippen LogP contribution in [-0.2, 0) is 0 Å². The number of rotatable bonds is 6. The second-order valence-corrected chi connectivity index (χ2v) is 5.65. The monoisotopic (exact) mass is 229 g/mol. The summed E-state index contributed by atoms with van der Waals surface area (Å²) in [7, 11) is 0. The fourth-order valence-corrected chi connectivity index (χ4v) is 2.40. The minimum atomic E-state index is -0.376. The molecule has 3 heteroatoms. The zero-order valence-corrected chi connectivity index (χ0v) is 10.7. The van der Waals surface area contributed by atoms with Crippen molar-refractivity contribution in [2.75, 3.05) is 19.8 Å². The zero-order valence-electron chi connectivity index (χ0n) is 10.7. The molecule has 0 aromatic carbocycles. The molecule has 96 valence electrons. The van der Waals surface area contributed by atoms with Crippen LogP contribution < -0.4 is 5.32 Å². The summed E-state index contributed by atoms with van der Waals surface area (Å²) < 4.78 is 0. The van der Waals surface area contributed by atoms with Gasteiger partial charge in [0.25, 0.3) is 0 Å². The molecule has 2 unspecified atom stereocenters. The van der Waals surface area contributed by atoms with E-state index in [1.807, 2.05) is 6.92 Å². The van der Waals surface area contributed by atoms with Crippen LogP contribution in [0.4, 0.5) is 0 Å². The lowest BCUT2D eigenvalue weighted by Crippen LogP contribution is -2.43. The van der Waals surface area contributed by atoms with E-state index in [0.717, 1.165) is 5.92 Å². The van der Waals surface area contributed by atoms with Gasteiger partial charge >= 0.3 is 0 Å². The standard InChI is InChI=1S/C13H27NO2/c1-3-11-5-4-6-12(7-11)14-8-13(2,9-15)10-16/h11-12,14-16H,3-10H2,1-2H3. The highest BCUT2D eigenvalue weighted by Crippen LogP contribution is 2.27. The molecule has 0 heterocycles.